The number of hydrogen-bond acceptors (Lipinski definition) is 3. The molecule has 1 unspecified atom stereocenters. The van der Waals surface area contributed by atoms with Crippen molar-refractivity contribution < 1.29 is 19.5 Å². The van der Waals surface area contributed by atoms with E-state index < -0.39 is 11.9 Å². The maximum atomic E-state index is 12.1. The number of aliphatic carboxylic acids is 1. The molecule has 2 heterocycles. The summed E-state index contributed by atoms with van der Waals surface area (Å²) < 4.78 is 0. The number of hydrogen-bond donors (Lipinski definition) is 1. The summed E-state index contributed by atoms with van der Waals surface area (Å²) in [5.41, 5.74) is 0. The molecule has 1 atom stereocenters. The second kappa shape index (κ2) is 6.04. The summed E-state index contributed by atoms with van der Waals surface area (Å²) in [5, 5.41) is 8.91. The summed E-state index contributed by atoms with van der Waals surface area (Å²) in [7, 11) is 0. The number of likely N-dealkylation sites (tertiary alicyclic amines) is 2. The van der Waals surface area contributed by atoms with Crippen LogP contribution in [0.25, 0.3) is 0 Å². The SMILES string of the molecule is O=C(O)C1CCN(C(=O)CN2CCCCCC2=O)C1. The molecule has 2 amide bonds. The zero-order valence-corrected chi connectivity index (χ0v) is 11.0. The third-order valence-electron chi connectivity index (χ3n) is 3.89. The van der Waals surface area contributed by atoms with Gasteiger partial charge in [-0.1, -0.05) is 6.42 Å². The molecule has 2 fully saturated rings. The maximum Gasteiger partial charge on any atom is 0.308 e. The first-order chi connectivity index (χ1) is 9.08. The van der Waals surface area contributed by atoms with Gasteiger partial charge in [0.25, 0.3) is 0 Å². The Bertz CT molecular complexity index is 383. The Morgan fingerprint density at radius 1 is 1.21 bits per heavy atom. The van der Waals surface area contributed by atoms with Gasteiger partial charge in [0.1, 0.15) is 0 Å². The highest BCUT2D eigenvalue weighted by Gasteiger charge is 2.32. The molecule has 6 heteroatoms. The van der Waals surface area contributed by atoms with Crippen LogP contribution in [0.2, 0.25) is 0 Å². The fourth-order valence-corrected chi connectivity index (χ4v) is 2.66. The zero-order valence-electron chi connectivity index (χ0n) is 11.0. The van der Waals surface area contributed by atoms with E-state index in [2.05, 4.69) is 0 Å². The molecule has 2 rings (SSSR count). The van der Waals surface area contributed by atoms with Gasteiger partial charge >= 0.3 is 5.97 Å². The third-order valence-corrected chi connectivity index (χ3v) is 3.89. The third kappa shape index (κ3) is 3.45. The minimum Gasteiger partial charge on any atom is -0.481 e. The molecule has 1 N–H and O–H groups in total. The number of carbonyl (C=O) groups is 3. The lowest BCUT2D eigenvalue weighted by molar-refractivity contribution is -0.142. The van der Waals surface area contributed by atoms with Crippen molar-refractivity contribution >= 4 is 17.8 Å². The molecule has 0 spiro atoms. The molecule has 2 saturated heterocycles. The number of nitrogens with zero attached hydrogens (tertiary/aromatic N) is 2. The van der Waals surface area contributed by atoms with Crippen LogP contribution in [-0.4, -0.2) is 58.9 Å². The van der Waals surface area contributed by atoms with Crippen LogP contribution in [0, 0.1) is 5.92 Å². The first kappa shape index (κ1) is 13.8. The first-order valence-corrected chi connectivity index (χ1v) is 6.86. The van der Waals surface area contributed by atoms with E-state index in [0.29, 0.717) is 25.9 Å². The molecule has 2 aliphatic rings. The van der Waals surface area contributed by atoms with Gasteiger partial charge in [0.15, 0.2) is 0 Å². The van der Waals surface area contributed by atoms with Gasteiger partial charge in [-0.15, -0.1) is 0 Å². The Labute approximate surface area is 112 Å². The average Bonchev–Trinajstić information content (AvgIpc) is 2.78. The fraction of sp³-hybridized carbons (Fsp3) is 0.769. The number of carbonyl (C=O) groups excluding carboxylic acids is 2. The second-order valence-corrected chi connectivity index (χ2v) is 5.29. The predicted octanol–water partition coefficient (Wildman–Crippen LogP) is 0.322. The van der Waals surface area contributed by atoms with Crippen molar-refractivity contribution in [1.29, 1.82) is 0 Å². The normalized spacial score (nSPS) is 24.4. The van der Waals surface area contributed by atoms with E-state index in [1.807, 2.05) is 0 Å². The predicted molar refractivity (Wildman–Crippen MR) is 67.4 cm³/mol. The van der Waals surface area contributed by atoms with Gasteiger partial charge in [-0.05, 0) is 19.3 Å². The van der Waals surface area contributed by atoms with Crippen LogP contribution in [0.1, 0.15) is 32.1 Å². The smallest absolute Gasteiger partial charge is 0.308 e. The van der Waals surface area contributed by atoms with E-state index in [-0.39, 0.29) is 24.9 Å². The lowest BCUT2D eigenvalue weighted by atomic mass is 10.1. The van der Waals surface area contributed by atoms with Gasteiger partial charge < -0.3 is 14.9 Å². The Balaban J connectivity index is 1.87. The van der Waals surface area contributed by atoms with Crippen molar-refractivity contribution in [1.82, 2.24) is 9.80 Å². The Kier molecular flexibility index (Phi) is 4.39. The lowest BCUT2D eigenvalue weighted by Gasteiger charge is -2.23. The van der Waals surface area contributed by atoms with Crippen LogP contribution in [0.3, 0.4) is 0 Å². The highest BCUT2D eigenvalue weighted by molar-refractivity contribution is 5.85. The van der Waals surface area contributed by atoms with E-state index in [9.17, 15) is 14.4 Å². The zero-order chi connectivity index (χ0) is 13.8. The number of carboxylic acid groups (broad SMARTS) is 1. The summed E-state index contributed by atoms with van der Waals surface area (Å²) in [6.07, 6.45) is 3.90. The van der Waals surface area contributed by atoms with E-state index in [1.54, 1.807) is 9.80 Å². The van der Waals surface area contributed by atoms with Gasteiger partial charge in [0.05, 0.1) is 12.5 Å². The largest absolute Gasteiger partial charge is 0.481 e. The molecular weight excluding hydrogens is 248 g/mol. The van der Waals surface area contributed by atoms with Gasteiger partial charge in [0, 0.05) is 26.1 Å². The number of amides is 2. The fourth-order valence-electron chi connectivity index (χ4n) is 2.66. The van der Waals surface area contributed by atoms with Crippen molar-refractivity contribution in [3.8, 4) is 0 Å². The molecule has 0 bridgehead atoms. The topological polar surface area (TPSA) is 77.9 Å². The molecule has 0 saturated carbocycles. The molecule has 0 radical (unpaired) electrons. The highest BCUT2D eigenvalue weighted by atomic mass is 16.4. The van der Waals surface area contributed by atoms with Crippen LogP contribution < -0.4 is 0 Å². The van der Waals surface area contributed by atoms with Crippen LogP contribution in [0.15, 0.2) is 0 Å². The standard InChI is InChI=1S/C13H20N2O4/c16-11-4-2-1-3-6-14(11)9-12(17)15-7-5-10(8-15)13(18)19/h10H,1-9H2,(H,18,19). The molecule has 2 aliphatic heterocycles. The molecule has 0 aliphatic carbocycles. The van der Waals surface area contributed by atoms with E-state index in [0.717, 1.165) is 19.3 Å². The Morgan fingerprint density at radius 3 is 2.68 bits per heavy atom. The minimum absolute atomic E-state index is 0.0415. The summed E-state index contributed by atoms with van der Waals surface area (Å²) in [6.45, 7) is 1.50. The maximum absolute atomic E-state index is 12.1. The van der Waals surface area contributed by atoms with E-state index in [1.165, 1.54) is 0 Å². The molecule has 6 nitrogen and oxygen atoms in total. The van der Waals surface area contributed by atoms with Gasteiger partial charge in [-0.2, -0.15) is 0 Å². The van der Waals surface area contributed by atoms with Crippen molar-refractivity contribution in [2.24, 2.45) is 5.92 Å². The summed E-state index contributed by atoms with van der Waals surface area (Å²) in [6, 6.07) is 0. The molecule has 106 valence electrons. The average molecular weight is 268 g/mol. The van der Waals surface area contributed by atoms with Crippen LogP contribution in [0.5, 0.6) is 0 Å². The summed E-state index contributed by atoms with van der Waals surface area (Å²) in [5.74, 6) is -1.39. The van der Waals surface area contributed by atoms with Crippen molar-refractivity contribution in [2.45, 2.75) is 32.1 Å². The molecule has 0 aromatic carbocycles. The van der Waals surface area contributed by atoms with Crippen LogP contribution >= 0.6 is 0 Å². The molecule has 0 aromatic heterocycles. The van der Waals surface area contributed by atoms with E-state index in [4.69, 9.17) is 5.11 Å². The number of carboxylic acids is 1. The van der Waals surface area contributed by atoms with Gasteiger partial charge in [0.2, 0.25) is 11.8 Å². The number of rotatable bonds is 3. The lowest BCUT2D eigenvalue weighted by Crippen LogP contribution is -2.42. The van der Waals surface area contributed by atoms with Crippen molar-refractivity contribution in [3.63, 3.8) is 0 Å². The van der Waals surface area contributed by atoms with E-state index >= 15 is 0 Å². The Morgan fingerprint density at radius 2 is 2.00 bits per heavy atom. The highest BCUT2D eigenvalue weighted by Crippen LogP contribution is 2.17. The quantitative estimate of drug-likeness (QED) is 0.799. The van der Waals surface area contributed by atoms with Crippen LogP contribution in [0.4, 0.5) is 0 Å². The minimum atomic E-state index is -0.846. The monoisotopic (exact) mass is 268 g/mol. The van der Waals surface area contributed by atoms with Crippen LogP contribution in [-0.2, 0) is 14.4 Å². The van der Waals surface area contributed by atoms with Crippen molar-refractivity contribution in [3.05, 3.63) is 0 Å². The molecule has 19 heavy (non-hydrogen) atoms. The van der Waals surface area contributed by atoms with Gasteiger partial charge in [-0.25, -0.2) is 0 Å². The molecule has 0 aromatic rings. The van der Waals surface area contributed by atoms with Crippen molar-refractivity contribution in [2.75, 3.05) is 26.2 Å². The second-order valence-electron chi connectivity index (χ2n) is 5.29. The summed E-state index contributed by atoms with van der Waals surface area (Å²) >= 11 is 0. The first-order valence-electron chi connectivity index (χ1n) is 6.86. The molecular formula is C13H20N2O4. The summed E-state index contributed by atoms with van der Waals surface area (Å²) in [4.78, 5) is 37.9. The van der Waals surface area contributed by atoms with Gasteiger partial charge in [-0.3, -0.25) is 14.4 Å². The Hall–Kier alpha value is -1.59.